The number of amides is 1. The lowest BCUT2D eigenvalue weighted by Gasteiger charge is -2.24. The summed E-state index contributed by atoms with van der Waals surface area (Å²) in [6, 6.07) is 1.93. The molecule has 8 nitrogen and oxygen atoms in total. The first-order valence-electron chi connectivity index (χ1n) is 8.02. The second-order valence-corrected chi connectivity index (χ2v) is 6.29. The lowest BCUT2D eigenvalue weighted by molar-refractivity contribution is 0.0927. The molecule has 4 rings (SSSR count). The highest BCUT2D eigenvalue weighted by Gasteiger charge is 2.23. The number of carbonyl (C=O) groups excluding carboxylic acids is 1. The van der Waals surface area contributed by atoms with Gasteiger partial charge in [0.2, 0.25) is 0 Å². The van der Waals surface area contributed by atoms with Gasteiger partial charge < -0.3 is 9.88 Å². The van der Waals surface area contributed by atoms with Crippen molar-refractivity contribution in [2.24, 2.45) is 7.05 Å². The van der Waals surface area contributed by atoms with E-state index in [0.29, 0.717) is 12.1 Å². The maximum Gasteiger partial charge on any atom is 0.253 e. The van der Waals surface area contributed by atoms with Crippen LogP contribution in [0.3, 0.4) is 0 Å². The zero-order valence-corrected chi connectivity index (χ0v) is 13.9. The molecule has 1 amide bonds. The van der Waals surface area contributed by atoms with Crippen molar-refractivity contribution in [3.05, 3.63) is 35.2 Å². The summed E-state index contributed by atoms with van der Waals surface area (Å²) in [5.41, 5.74) is 2.22. The summed E-state index contributed by atoms with van der Waals surface area (Å²) in [6.07, 6.45) is 3.30. The van der Waals surface area contributed by atoms with Crippen LogP contribution in [0.15, 0.2) is 12.3 Å². The summed E-state index contributed by atoms with van der Waals surface area (Å²) < 4.78 is 3.80. The second-order valence-electron chi connectivity index (χ2n) is 6.29. The summed E-state index contributed by atoms with van der Waals surface area (Å²) in [4.78, 5) is 17.0. The molecule has 0 aromatic carbocycles. The van der Waals surface area contributed by atoms with Crippen LogP contribution in [0.5, 0.6) is 0 Å². The Bertz CT molecular complexity index is 939. The third-order valence-corrected chi connectivity index (χ3v) is 4.59. The van der Waals surface area contributed by atoms with Crippen LogP contribution in [-0.4, -0.2) is 41.5 Å². The van der Waals surface area contributed by atoms with Crippen molar-refractivity contribution in [2.75, 3.05) is 0 Å². The normalized spacial score (nSPS) is 17.0. The van der Waals surface area contributed by atoms with Crippen LogP contribution in [0.1, 0.15) is 34.1 Å². The van der Waals surface area contributed by atoms with Gasteiger partial charge in [-0.15, -0.1) is 10.2 Å². The summed E-state index contributed by atoms with van der Waals surface area (Å²) in [5, 5.41) is 16.6. The maximum atomic E-state index is 12.6. The molecule has 24 heavy (non-hydrogen) atoms. The minimum atomic E-state index is -0.105. The molecule has 0 radical (unpaired) electrons. The summed E-state index contributed by atoms with van der Waals surface area (Å²) in [5.74, 6) is 1.77. The van der Waals surface area contributed by atoms with E-state index in [9.17, 15) is 4.79 Å². The number of fused-ring (bicyclic) bond motifs is 2. The minimum Gasteiger partial charge on any atom is -0.347 e. The molecule has 4 heterocycles. The Labute approximate surface area is 138 Å². The van der Waals surface area contributed by atoms with Crippen LogP contribution >= 0.6 is 0 Å². The molecule has 3 aromatic heterocycles. The van der Waals surface area contributed by atoms with E-state index < -0.39 is 0 Å². The number of pyridine rings is 1. The maximum absolute atomic E-state index is 12.6. The number of nitrogens with zero attached hydrogens (tertiary/aromatic N) is 6. The molecular formula is C16H19N7O. The van der Waals surface area contributed by atoms with Crippen molar-refractivity contribution in [3.8, 4) is 0 Å². The third-order valence-electron chi connectivity index (χ3n) is 4.59. The SMILES string of the molecule is Cc1nn(C)c2ncc(C(=O)NC3CCc4nnc(C)n4C3)cc12. The topological polar surface area (TPSA) is 90.5 Å². The van der Waals surface area contributed by atoms with Gasteiger partial charge in [-0.2, -0.15) is 5.10 Å². The van der Waals surface area contributed by atoms with E-state index in [1.54, 1.807) is 10.9 Å². The van der Waals surface area contributed by atoms with Crippen LogP contribution < -0.4 is 5.32 Å². The van der Waals surface area contributed by atoms with E-state index in [2.05, 4.69) is 30.2 Å². The zero-order chi connectivity index (χ0) is 16.8. The third kappa shape index (κ3) is 2.34. The average molecular weight is 325 g/mol. The van der Waals surface area contributed by atoms with Crippen molar-refractivity contribution >= 4 is 16.9 Å². The Hall–Kier alpha value is -2.77. The molecule has 1 unspecified atom stereocenters. The first-order valence-corrected chi connectivity index (χ1v) is 8.02. The quantitative estimate of drug-likeness (QED) is 0.756. The van der Waals surface area contributed by atoms with E-state index in [4.69, 9.17) is 0 Å². The molecule has 124 valence electrons. The second kappa shape index (κ2) is 5.40. The zero-order valence-electron chi connectivity index (χ0n) is 13.9. The number of aromatic nitrogens is 6. The first-order chi connectivity index (χ1) is 11.5. The smallest absolute Gasteiger partial charge is 0.253 e. The highest BCUT2D eigenvalue weighted by Crippen LogP contribution is 2.18. The molecule has 0 spiro atoms. The Morgan fingerprint density at radius 2 is 2.17 bits per heavy atom. The number of nitrogens with one attached hydrogen (secondary N) is 1. The summed E-state index contributed by atoms with van der Waals surface area (Å²) in [7, 11) is 1.85. The lowest BCUT2D eigenvalue weighted by Crippen LogP contribution is -2.41. The minimum absolute atomic E-state index is 0.0744. The molecule has 0 bridgehead atoms. The fourth-order valence-corrected chi connectivity index (χ4v) is 3.28. The molecule has 1 aliphatic rings. The molecule has 1 N–H and O–H groups in total. The Morgan fingerprint density at radius 3 is 3.00 bits per heavy atom. The Kier molecular flexibility index (Phi) is 3.33. The standard InChI is InChI=1S/C16H19N7O/c1-9-13-6-11(7-17-15(13)22(3)21-9)16(24)18-12-4-5-14-20-19-10(2)23(14)8-12/h6-7,12H,4-5,8H2,1-3H3,(H,18,24). The fourth-order valence-electron chi connectivity index (χ4n) is 3.28. The van der Waals surface area contributed by atoms with Crippen LogP contribution in [0.25, 0.3) is 11.0 Å². The number of hydrogen-bond acceptors (Lipinski definition) is 5. The van der Waals surface area contributed by atoms with Crippen LogP contribution in [0.2, 0.25) is 0 Å². The average Bonchev–Trinajstić information content (AvgIpc) is 3.08. The largest absolute Gasteiger partial charge is 0.347 e. The Balaban J connectivity index is 1.54. The van der Waals surface area contributed by atoms with Gasteiger partial charge in [0.1, 0.15) is 11.6 Å². The molecule has 3 aromatic rings. The summed E-state index contributed by atoms with van der Waals surface area (Å²) in [6.45, 7) is 4.56. The van der Waals surface area contributed by atoms with Gasteiger partial charge in [-0.05, 0) is 26.3 Å². The van der Waals surface area contributed by atoms with Gasteiger partial charge in [-0.25, -0.2) is 4.98 Å². The van der Waals surface area contributed by atoms with Crippen molar-refractivity contribution in [3.63, 3.8) is 0 Å². The molecule has 0 aliphatic carbocycles. The van der Waals surface area contributed by atoms with E-state index >= 15 is 0 Å². The number of aryl methyl sites for hydroxylation is 4. The number of rotatable bonds is 2. The van der Waals surface area contributed by atoms with Crippen LogP contribution in [-0.2, 0) is 20.0 Å². The van der Waals surface area contributed by atoms with E-state index in [-0.39, 0.29) is 11.9 Å². The van der Waals surface area contributed by atoms with Gasteiger partial charge in [0, 0.05) is 37.6 Å². The van der Waals surface area contributed by atoms with Gasteiger partial charge >= 0.3 is 0 Å². The molecular weight excluding hydrogens is 306 g/mol. The van der Waals surface area contributed by atoms with E-state index in [1.807, 2.05) is 27.0 Å². The monoisotopic (exact) mass is 325 g/mol. The van der Waals surface area contributed by atoms with Crippen molar-refractivity contribution in [1.29, 1.82) is 0 Å². The van der Waals surface area contributed by atoms with Crippen molar-refractivity contribution < 1.29 is 4.79 Å². The van der Waals surface area contributed by atoms with Crippen LogP contribution in [0, 0.1) is 13.8 Å². The lowest BCUT2D eigenvalue weighted by atomic mass is 10.1. The van der Waals surface area contributed by atoms with Gasteiger partial charge in [0.15, 0.2) is 5.65 Å². The molecule has 0 fully saturated rings. The fraction of sp³-hybridized carbons (Fsp3) is 0.438. The summed E-state index contributed by atoms with van der Waals surface area (Å²) >= 11 is 0. The van der Waals surface area contributed by atoms with Gasteiger partial charge in [-0.1, -0.05) is 0 Å². The predicted molar refractivity (Wildman–Crippen MR) is 87.6 cm³/mol. The van der Waals surface area contributed by atoms with Crippen LogP contribution in [0.4, 0.5) is 0 Å². The predicted octanol–water partition coefficient (Wildman–Crippen LogP) is 0.921. The first kappa shape index (κ1) is 14.8. The molecule has 1 aliphatic heterocycles. The highest BCUT2D eigenvalue weighted by molar-refractivity contribution is 5.97. The number of carbonyl (C=O) groups is 1. The van der Waals surface area contributed by atoms with Crippen molar-refractivity contribution in [1.82, 2.24) is 34.8 Å². The number of hydrogen-bond donors (Lipinski definition) is 1. The van der Waals surface area contributed by atoms with Gasteiger partial charge in [0.05, 0.1) is 11.3 Å². The van der Waals surface area contributed by atoms with E-state index in [0.717, 1.165) is 41.2 Å². The van der Waals surface area contributed by atoms with E-state index in [1.165, 1.54) is 0 Å². The highest BCUT2D eigenvalue weighted by atomic mass is 16.1. The van der Waals surface area contributed by atoms with Gasteiger partial charge in [0.25, 0.3) is 5.91 Å². The molecule has 0 saturated heterocycles. The molecule has 0 saturated carbocycles. The van der Waals surface area contributed by atoms with Gasteiger partial charge in [-0.3, -0.25) is 9.48 Å². The molecule has 1 atom stereocenters. The molecule has 8 heteroatoms. The Morgan fingerprint density at radius 1 is 1.33 bits per heavy atom. The van der Waals surface area contributed by atoms with Crippen molar-refractivity contribution in [2.45, 2.75) is 39.3 Å².